The van der Waals surface area contributed by atoms with Crippen molar-refractivity contribution in [1.29, 1.82) is 0 Å². The molecule has 1 aromatic carbocycles. The summed E-state index contributed by atoms with van der Waals surface area (Å²) in [7, 11) is 3.18. The Bertz CT molecular complexity index is 359. The standard InChI is InChI=1S/C11H15NO2/c1-7-5-8(2)10(12-3)9(6-7)11(13)14-4/h5-6,12H,1-4H3. The number of nitrogens with one attached hydrogen (secondary N) is 1. The zero-order valence-electron chi connectivity index (χ0n) is 8.97. The van der Waals surface area contributed by atoms with Gasteiger partial charge in [0.1, 0.15) is 0 Å². The van der Waals surface area contributed by atoms with Gasteiger partial charge in [0.15, 0.2) is 0 Å². The zero-order valence-corrected chi connectivity index (χ0v) is 8.97. The number of ether oxygens (including phenoxy) is 1. The molecule has 3 heteroatoms. The highest BCUT2D eigenvalue weighted by Gasteiger charge is 2.13. The number of aryl methyl sites for hydroxylation is 2. The molecule has 0 bridgehead atoms. The summed E-state index contributed by atoms with van der Waals surface area (Å²) < 4.78 is 4.71. The molecule has 0 radical (unpaired) electrons. The van der Waals surface area contributed by atoms with Gasteiger partial charge in [-0.05, 0) is 31.0 Å². The maximum Gasteiger partial charge on any atom is 0.339 e. The molecule has 0 aliphatic rings. The van der Waals surface area contributed by atoms with Crippen molar-refractivity contribution in [2.75, 3.05) is 19.5 Å². The van der Waals surface area contributed by atoms with Gasteiger partial charge < -0.3 is 10.1 Å². The fraction of sp³-hybridized carbons (Fsp3) is 0.364. The van der Waals surface area contributed by atoms with Crippen molar-refractivity contribution in [2.24, 2.45) is 0 Å². The summed E-state index contributed by atoms with van der Waals surface area (Å²) in [6, 6.07) is 3.85. The summed E-state index contributed by atoms with van der Waals surface area (Å²) in [6.07, 6.45) is 0. The molecule has 76 valence electrons. The summed E-state index contributed by atoms with van der Waals surface area (Å²) in [4.78, 5) is 11.4. The van der Waals surface area contributed by atoms with E-state index in [4.69, 9.17) is 4.74 Å². The van der Waals surface area contributed by atoms with E-state index in [1.165, 1.54) is 7.11 Å². The van der Waals surface area contributed by atoms with E-state index in [1.54, 1.807) is 7.05 Å². The third-order valence-electron chi connectivity index (χ3n) is 2.14. The monoisotopic (exact) mass is 193 g/mol. The molecule has 0 heterocycles. The van der Waals surface area contributed by atoms with Gasteiger partial charge in [-0.25, -0.2) is 4.79 Å². The molecule has 0 spiro atoms. The van der Waals surface area contributed by atoms with Gasteiger partial charge >= 0.3 is 5.97 Å². The smallest absolute Gasteiger partial charge is 0.339 e. The molecule has 0 saturated heterocycles. The van der Waals surface area contributed by atoms with Crippen LogP contribution in [-0.2, 0) is 4.74 Å². The van der Waals surface area contributed by atoms with E-state index in [1.807, 2.05) is 26.0 Å². The van der Waals surface area contributed by atoms with Gasteiger partial charge in [0.05, 0.1) is 18.4 Å². The molecule has 0 amide bonds. The Balaban J connectivity index is 3.32. The molecule has 1 rings (SSSR count). The van der Waals surface area contributed by atoms with Gasteiger partial charge in [-0.3, -0.25) is 0 Å². The SMILES string of the molecule is CNc1c(C)cc(C)cc1C(=O)OC. The first-order valence-electron chi connectivity index (χ1n) is 4.47. The number of anilines is 1. The number of hydrogen-bond acceptors (Lipinski definition) is 3. The minimum atomic E-state index is -0.304. The number of benzene rings is 1. The van der Waals surface area contributed by atoms with Crippen LogP contribution < -0.4 is 5.32 Å². The first-order valence-corrected chi connectivity index (χ1v) is 4.47. The number of esters is 1. The molecule has 0 aromatic heterocycles. The van der Waals surface area contributed by atoms with Gasteiger partial charge in [-0.1, -0.05) is 6.07 Å². The van der Waals surface area contributed by atoms with Crippen molar-refractivity contribution in [1.82, 2.24) is 0 Å². The summed E-state index contributed by atoms with van der Waals surface area (Å²) in [5.74, 6) is -0.304. The molecular weight excluding hydrogens is 178 g/mol. The second-order valence-electron chi connectivity index (χ2n) is 3.25. The predicted octanol–water partition coefficient (Wildman–Crippen LogP) is 2.13. The third-order valence-corrected chi connectivity index (χ3v) is 2.14. The van der Waals surface area contributed by atoms with Crippen LogP contribution in [0.25, 0.3) is 0 Å². The minimum absolute atomic E-state index is 0.304. The molecule has 0 aliphatic heterocycles. The van der Waals surface area contributed by atoms with Crippen LogP contribution in [0.5, 0.6) is 0 Å². The van der Waals surface area contributed by atoms with Gasteiger partial charge in [0.25, 0.3) is 0 Å². The highest BCUT2D eigenvalue weighted by molar-refractivity contribution is 5.96. The van der Waals surface area contributed by atoms with E-state index >= 15 is 0 Å². The molecular formula is C11H15NO2. The van der Waals surface area contributed by atoms with Crippen LogP contribution in [0.2, 0.25) is 0 Å². The quantitative estimate of drug-likeness (QED) is 0.731. The average Bonchev–Trinajstić information content (AvgIpc) is 2.15. The van der Waals surface area contributed by atoms with Gasteiger partial charge in [-0.2, -0.15) is 0 Å². The third kappa shape index (κ3) is 1.87. The van der Waals surface area contributed by atoms with Crippen LogP contribution in [0.1, 0.15) is 21.5 Å². The molecule has 0 atom stereocenters. The minimum Gasteiger partial charge on any atom is -0.465 e. The molecule has 0 saturated carbocycles. The second kappa shape index (κ2) is 4.13. The summed E-state index contributed by atoms with van der Waals surface area (Å²) >= 11 is 0. The number of carbonyl (C=O) groups excluding carboxylic acids is 1. The van der Waals surface area contributed by atoms with E-state index in [0.29, 0.717) is 5.56 Å². The van der Waals surface area contributed by atoms with Crippen LogP contribution in [0, 0.1) is 13.8 Å². The van der Waals surface area contributed by atoms with Crippen molar-refractivity contribution >= 4 is 11.7 Å². The molecule has 14 heavy (non-hydrogen) atoms. The van der Waals surface area contributed by atoms with Crippen LogP contribution >= 0.6 is 0 Å². The Morgan fingerprint density at radius 2 is 2.00 bits per heavy atom. The maximum atomic E-state index is 11.4. The van der Waals surface area contributed by atoms with Crippen molar-refractivity contribution in [2.45, 2.75) is 13.8 Å². The Labute approximate surface area is 84.1 Å². The normalized spacial score (nSPS) is 9.71. The fourth-order valence-corrected chi connectivity index (χ4v) is 1.57. The van der Waals surface area contributed by atoms with E-state index in [2.05, 4.69) is 5.32 Å². The first kappa shape index (κ1) is 10.6. The van der Waals surface area contributed by atoms with Crippen LogP contribution in [0.4, 0.5) is 5.69 Å². The van der Waals surface area contributed by atoms with Crippen LogP contribution in [0.3, 0.4) is 0 Å². The van der Waals surface area contributed by atoms with Crippen molar-refractivity contribution < 1.29 is 9.53 Å². The topological polar surface area (TPSA) is 38.3 Å². The van der Waals surface area contributed by atoms with E-state index in [0.717, 1.165) is 16.8 Å². The Morgan fingerprint density at radius 1 is 1.36 bits per heavy atom. The van der Waals surface area contributed by atoms with Gasteiger partial charge in [0.2, 0.25) is 0 Å². The van der Waals surface area contributed by atoms with Crippen molar-refractivity contribution in [3.63, 3.8) is 0 Å². The Morgan fingerprint density at radius 3 is 2.50 bits per heavy atom. The molecule has 1 aromatic rings. The molecule has 0 aliphatic carbocycles. The Hall–Kier alpha value is -1.51. The highest BCUT2D eigenvalue weighted by atomic mass is 16.5. The Kier molecular flexibility index (Phi) is 3.12. The van der Waals surface area contributed by atoms with Crippen molar-refractivity contribution in [3.8, 4) is 0 Å². The van der Waals surface area contributed by atoms with E-state index in [-0.39, 0.29) is 5.97 Å². The molecule has 3 nitrogen and oxygen atoms in total. The molecule has 0 fully saturated rings. The van der Waals surface area contributed by atoms with Gasteiger partial charge in [0, 0.05) is 7.05 Å². The maximum absolute atomic E-state index is 11.4. The lowest BCUT2D eigenvalue weighted by Gasteiger charge is -2.11. The van der Waals surface area contributed by atoms with Gasteiger partial charge in [-0.15, -0.1) is 0 Å². The number of hydrogen-bond donors (Lipinski definition) is 1. The largest absolute Gasteiger partial charge is 0.465 e. The van der Waals surface area contributed by atoms with Crippen molar-refractivity contribution in [3.05, 3.63) is 28.8 Å². The van der Waals surface area contributed by atoms with E-state index in [9.17, 15) is 4.79 Å². The van der Waals surface area contributed by atoms with Crippen LogP contribution in [0.15, 0.2) is 12.1 Å². The van der Waals surface area contributed by atoms with E-state index < -0.39 is 0 Å². The fourth-order valence-electron chi connectivity index (χ4n) is 1.57. The average molecular weight is 193 g/mol. The lowest BCUT2D eigenvalue weighted by molar-refractivity contribution is 0.0601. The summed E-state index contributed by atoms with van der Waals surface area (Å²) in [5.41, 5.74) is 3.53. The zero-order chi connectivity index (χ0) is 10.7. The second-order valence-corrected chi connectivity index (χ2v) is 3.25. The number of rotatable bonds is 2. The summed E-state index contributed by atoms with van der Waals surface area (Å²) in [6.45, 7) is 3.92. The summed E-state index contributed by atoms with van der Waals surface area (Å²) in [5, 5.41) is 3.01. The molecule has 1 N–H and O–H groups in total. The molecule has 0 unspecified atom stereocenters. The van der Waals surface area contributed by atoms with Crippen LogP contribution in [-0.4, -0.2) is 20.1 Å². The predicted molar refractivity (Wildman–Crippen MR) is 56.8 cm³/mol. The highest BCUT2D eigenvalue weighted by Crippen LogP contribution is 2.22. The lowest BCUT2D eigenvalue weighted by atomic mass is 10.0. The number of carbonyl (C=O) groups is 1. The first-order chi connectivity index (χ1) is 6.60. The number of methoxy groups -OCH3 is 1. The lowest BCUT2D eigenvalue weighted by Crippen LogP contribution is -2.07.